The van der Waals surface area contributed by atoms with Gasteiger partial charge in [-0.2, -0.15) is 0 Å². The Bertz CT molecular complexity index is 361. The highest BCUT2D eigenvalue weighted by Crippen LogP contribution is 2.12. The number of carbonyl (C=O) groups is 1. The summed E-state index contributed by atoms with van der Waals surface area (Å²) in [4.78, 5) is 15.9. The Morgan fingerprint density at radius 1 is 1.53 bits per heavy atom. The maximum atomic E-state index is 11.8. The lowest BCUT2D eigenvalue weighted by molar-refractivity contribution is 0.0529. The summed E-state index contributed by atoms with van der Waals surface area (Å²) in [5.41, 5.74) is 0.403. The first-order valence-corrected chi connectivity index (χ1v) is 5.11. The van der Waals surface area contributed by atoms with Crippen LogP contribution < -0.4 is 0 Å². The summed E-state index contributed by atoms with van der Waals surface area (Å²) < 4.78 is 6.81. The van der Waals surface area contributed by atoms with Crippen LogP contribution in [0.3, 0.4) is 0 Å². The predicted octanol–water partition coefficient (Wildman–Crippen LogP) is 2.54. The summed E-state index contributed by atoms with van der Waals surface area (Å²) in [6.07, 6.45) is 2.12. The van der Waals surface area contributed by atoms with Gasteiger partial charge in [-0.25, -0.2) is 14.3 Å². The maximum absolute atomic E-state index is 11.8. The molecule has 0 spiro atoms. The molecule has 0 saturated carbocycles. The average molecular weight is 210 g/mol. The molecule has 0 unspecified atom stereocenters. The fourth-order valence-electron chi connectivity index (χ4n) is 1.30. The molecule has 1 aromatic heterocycles. The lowest BCUT2D eigenvalue weighted by atomic mass is 10.2. The molecule has 0 aliphatic carbocycles. The summed E-state index contributed by atoms with van der Waals surface area (Å²) in [7, 11) is 0. The van der Waals surface area contributed by atoms with Gasteiger partial charge in [-0.3, -0.25) is 0 Å². The number of aryl methyl sites for hydroxylation is 2. The van der Waals surface area contributed by atoms with E-state index >= 15 is 0 Å². The van der Waals surface area contributed by atoms with Gasteiger partial charge in [0.2, 0.25) is 0 Å². The number of ether oxygens (including phenoxy) is 1. The molecule has 15 heavy (non-hydrogen) atoms. The van der Waals surface area contributed by atoms with Gasteiger partial charge in [-0.1, -0.05) is 6.92 Å². The first kappa shape index (κ1) is 11.8. The van der Waals surface area contributed by atoms with Crippen LogP contribution in [-0.2, 0) is 11.2 Å². The van der Waals surface area contributed by atoms with Gasteiger partial charge < -0.3 is 4.74 Å². The van der Waals surface area contributed by atoms with Crippen LogP contribution in [0.1, 0.15) is 39.2 Å². The quantitative estimate of drug-likeness (QED) is 0.715. The Labute approximate surface area is 90.3 Å². The highest BCUT2D eigenvalue weighted by molar-refractivity contribution is 5.72. The average Bonchev–Trinajstić information content (AvgIpc) is 2.43. The molecule has 1 aromatic rings. The fourth-order valence-corrected chi connectivity index (χ4v) is 1.30. The molecule has 0 bridgehead atoms. The van der Waals surface area contributed by atoms with Crippen LogP contribution in [0.15, 0.2) is 6.20 Å². The molecule has 0 aromatic carbocycles. The highest BCUT2D eigenvalue weighted by Gasteiger charge is 2.20. The smallest absolute Gasteiger partial charge is 0.420 e. The van der Waals surface area contributed by atoms with Crippen molar-refractivity contribution in [2.45, 2.75) is 46.6 Å². The van der Waals surface area contributed by atoms with Crippen molar-refractivity contribution in [2.24, 2.45) is 0 Å². The number of hydrogen-bond acceptors (Lipinski definition) is 3. The van der Waals surface area contributed by atoms with Crippen molar-refractivity contribution in [2.75, 3.05) is 0 Å². The van der Waals surface area contributed by atoms with Gasteiger partial charge in [0.05, 0.1) is 0 Å². The molecular formula is C11H18N2O2. The molecule has 0 amide bonds. The van der Waals surface area contributed by atoms with E-state index in [2.05, 4.69) is 4.98 Å². The molecule has 4 heteroatoms. The van der Waals surface area contributed by atoms with Crippen LogP contribution in [-0.4, -0.2) is 21.2 Å². The van der Waals surface area contributed by atoms with Crippen LogP contribution in [0.2, 0.25) is 0 Å². The molecule has 0 atom stereocenters. The van der Waals surface area contributed by atoms with Crippen LogP contribution in [0.4, 0.5) is 4.79 Å². The number of aromatic nitrogens is 2. The SMILES string of the molecule is CCc1cnc(C)n1C(=O)OC(C)(C)C. The lowest BCUT2D eigenvalue weighted by Gasteiger charge is -2.20. The summed E-state index contributed by atoms with van der Waals surface area (Å²) in [6.45, 7) is 9.33. The fraction of sp³-hybridized carbons (Fsp3) is 0.636. The van der Waals surface area contributed by atoms with Crippen LogP contribution in [0, 0.1) is 6.92 Å². The van der Waals surface area contributed by atoms with Gasteiger partial charge >= 0.3 is 6.09 Å². The van der Waals surface area contributed by atoms with E-state index in [0.29, 0.717) is 5.82 Å². The van der Waals surface area contributed by atoms with Gasteiger partial charge in [0, 0.05) is 11.9 Å². The molecule has 0 radical (unpaired) electrons. The second-order valence-corrected chi connectivity index (χ2v) is 4.47. The number of nitrogens with zero attached hydrogens (tertiary/aromatic N) is 2. The summed E-state index contributed by atoms with van der Waals surface area (Å²) in [5.74, 6) is 0.668. The Morgan fingerprint density at radius 3 is 2.60 bits per heavy atom. The number of rotatable bonds is 1. The largest absolute Gasteiger partial charge is 0.443 e. The van der Waals surface area contributed by atoms with Crippen LogP contribution >= 0.6 is 0 Å². The van der Waals surface area contributed by atoms with Crippen molar-refractivity contribution < 1.29 is 9.53 Å². The topological polar surface area (TPSA) is 44.1 Å². The minimum absolute atomic E-state index is 0.352. The normalized spacial score (nSPS) is 11.5. The molecule has 0 aliphatic rings. The molecule has 0 N–H and O–H groups in total. The van der Waals surface area contributed by atoms with E-state index in [1.165, 1.54) is 4.57 Å². The minimum Gasteiger partial charge on any atom is -0.443 e. The second-order valence-electron chi connectivity index (χ2n) is 4.47. The third-order valence-electron chi connectivity index (χ3n) is 1.95. The summed E-state index contributed by atoms with van der Waals surface area (Å²) in [5, 5.41) is 0. The van der Waals surface area contributed by atoms with Crippen LogP contribution in [0.5, 0.6) is 0 Å². The Kier molecular flexibility index (Phi) is 3.17. The highest BCUT2D eigenvalue weighted by atomic mass is 16.6. The van der Waals surface area contributed by atoms with Gasteiger partial charge in [0.25, 0.3) is 0 Å². The molecule has 1 rings (SSSR count). The molecule has 4 nitrogen and oxygen atoms in total. The lowest BCUT2D eigenvalue weighted by Crippen LogP contribution is -2.28. The molecular weight excluding hydrogens is 192 g/mol. The van der Waals surface area contributed by atoms with E-state index in [1.54, 1.807) is 13.1 Å². The Balaban J connectivity index is 2.95. The summed E-state index contributed by atoms with van der Waals surface area (Å²) >= 11 is 0. The second kappa shape index (κ2) is 4.04. The zero-order valence-corrected chi connectivity index (χ0v) is 10.00. The van der Waals surface area contributed by atoms with Crippen molar-refractivity contribution in [3.63, 3.8) is 0 Å². The van der Waals surface area contributed by atoms with Crippen molar-refractivity contribution in [3.8, 4) is 0 Å². The van der Waals surface area contributed by atoms with Gasteiger partial charge in [0.15, 0.2) is 0 Å². The molecule has 84 valence electrons. The van der Waals surface area contributed by atoms with E-state index in [1.807, 2.05) is 27.7 Å². The van der Waals surface area contributed by atoms with E-state index in [4.69, 9.17) is 4.74 Å². The first-order valence-electron chi connectivity index (χ1n) is 5.11. The zero-order valence-electron chi connectivity index (χ0n) is 10.00. The molecule has 0 aliphatic heterocycles. The number of carbonyl (C=O) groups excluding carboxylic acids is 1. The zero-order chi connectivity index (χ0) is 11.6. The van der Waals surface area contributed by atoms with Gasteiger partial charge in [-0.05, 0) is 34.1 Å². The maximum Gasteiger partial charge on any atom is 0.420 e. The Hall–Kier alpha value is -1.32. The van der Waals surface area contributed by atoms with Crippen molar-refractivity contribution in [3.05, 3.63) is 17.7 Å². The molecule has 1 heterocycles. The van der Waals surface area contributed by atoms with E-state index in [9.17, 15) is 4.79 Å². The van der Waals surface area contributed by atoms with E-state index in [0.717, 1.165) is 12.1 Å². The Morgan fingerprint density at radius 2 is 2.13 bits per heavy atom. The first-order chi connectivity index (χ1) is 6.85. The van der Waals surface area contributed by atoms with Crippen LogP contribution in [0.25, 0.3) is 0 Å². The molecule has 0 saturated heterocycles. The predicted molar refractivity (Wildman–Crippen MR) is 58.0 cm³/mol. The van der Waals surface area contributed by atoms with Crippen molar-refractivity contribution in [1.29, 1.82) is 0 Å². The molecule has 0 fully saturated rings. The third-order valence-corrected chi connectivity index (χ3v) is 1.95. The van der Waals surface area contributed by atoms with E-state index in [-0.39, 0.29) is 6.09 Å². The van der Waals surface area contributed by atoms with Gasteiger partial charge in [-0.15, -0.1) is 0 Å². The number of hydrogen-bond donors (Lipinski definition) is 0. The standard InChI is InChI=1S/C11H18N2O2/c1-6-9-7-12-8(2)13(9)10(14)15-11(3,4)5/h7H,6H2,1-5H3. The van der Waals surface area contributed by atoms with Crippen molar-refractivity contribution in [1.82, 2.24) is 9.55 Å². The summed E-state index contributed by atoms with van der Waals surface area (Å²) in [6, 6.07) is 0. The number of imidazole rings is 1. The monoisotopic (exact) mass is 210 g/mol. The van der Waals surface area contributed by atoms with Crippen molar-refractivity contribution >= 4 is 6.09 Å². The minimum atomic E-state index is -0.473. The third kappa shape index (κ3) is 2.81. The van der Waals surface area contributed by atoms with Gasteiger partial charge in [0.1, 0.15) is 11.4 Å². The van der Waals surface area contributed by atoms with E-state index < -0.39 is 5.60 Å².